The van der Waals surface area contributed by atoms with E-state index in [1.807, 2.05) is 0 Å². The highest BCUT2D eigenvalue weighted by Gasteiger charge is 2.65. The van der Waals surface area contributed by atoms with Crippen LogP contribution in [0.2, 0.25) is 0 Å². The second-order valence-corrected chi connectivity index (χ2v) is 9.87. The Labute approximate surface area is 180 Å². The van der Waals surface area contributed by atoms with Gasteiger partial charge in [0.05, 0.1) is 30.4 Å². The third kappa shape index (κ3) is 5.27. The van der Waals surface area contributed by atoms with Gasteiger partial charge >= 0.3 is 16.2 Å². The van der Waals surface area contributed by atoms with Crippen LogP contribution in [0.4, 0.5) is 25.2 Å². The Morgan fingerprint density at radius 1 is 1.16 bits per heavy atom. The minimum absolute atomic E-state index is 0.0703. The molecule has 2 N–H and O–H groups in total. The Hall–Kier alpha value is -2.51. The first-order valence-electron chi connectivity index (χ1n) is 9.52. The third-order valence-electron chi connectivity index (χ3n) is 4.88. The first-order chi connectivity index (χ1) is 14.6. The number of hydrogen-bond donors (Lipinski definition) is 2. The summed E-state index contributed by atoms with van der Waals surface area (Å²) in [5.41, 5.74) is 0.241. The van der Waals surface area contributed by atoms with Gasteiger partial charge in [0, 0.05) is 6.04 Å². The standard InChI is InChI=1S/C19H22F5N3O4S/c1-10(18(28)29)16-15(19-30-7-8-31-19)17(27-12(3)26-16)25-11(2)13-5-4-6-14(9-13)32(20,21,22,23)24/h4-6,9-11,19H,7-8H2,1-3H3,(H,28,29)(H,25,26,27)/t10-,11?/m1/s1. The number of aromatic nitrogens is 2. The van der Waals surface area contributed by atoms with Crippen LogP contribution in [0.25, 0.3) is 0 Å². The molecule has 2 atom stereocenters. The Morgan fingerprint density at radius 3 is 2.34 bits per heavy atom. The van der Waals surface area contributed by atoms with E-state index in [0.717, 1.165) is 6.07 Å². The van der Waals surface area contributed by atoms with Crippen molar-refractivity contribution < 1.29 is 38.8 Å². The molecule has 1 fully saturated rings. The van der Waals surface area contributed by atoms with Crippen molar-refractivity contribution in [3.63, 3.8) is 0 Å². The van der Waals surface area contributed by atoms with E-state index < -0.39 is 39.3 Å². The summed E-state index contributed by atoms with van der Waals surface area (Å²) in [6.07, 6.45) is -0.988. The maximum absolute atomic E-state index is 13.2. The van der Waals surface area contributed by atoms with Gasteiger partial charge in [0.2, 0.25) is 0 Å². The van der Waals surface area contributed by atoms with Gasteiger partial charge in [0.25, 0.3) is 0 Å². The molecule has 1 aromatic carbocycles. The number of nitrogens with zero attached hydrogens (tertiary/aromatic N) is 2. The topological polar surface area (TPSA) is 93.6 Å². The largest absolute Gasteiger partial charge is 0.481 e. The summed E-state index contributed by atoms with van der Waals surface area (Å²) >= 11 is 0. The van der Waals surface area contributed by atoms with E-state index in [-0.39, 0.29) is 41.7 Å². The fourth-order valence-corrected chi connectivity index (χ4v) is 3.92. The van der Waals surface area contributed by atoms with Crippen molar-refractivity contribution in [2.24, 2.45) is 0 Å². The molecule has 0 aliphatic carbocycles. The number of aryl methyl sites for hydroxylation is 1. The lowest BCUT2D eigenvalue weighted by Crippen LogP contribution is -2.20. The monoisotopic (exact) mass is 483 g/mol. The fraction of sp³-hybridized carbons (Fsp3) is 0.421. The molecule has 178 valence electrons. The van der Waals surface area contributed by atoms with E-state index in [1.165, 1.54) is 26.8 Å². The van der Waals surface area contributed by atoms with Crippen molar-refractivity contribution in [2.75, 3.05) is 18.5 Å². The molecular weight excluding hydrogens is 461 g/mol. The Kier molecular flexibility index (Phi) is 5.68. The third-order valence-corrected chi connectivity index (χ3v) is 6.03. The molecular formula is C19H22F5N3O4S. The number of carbonyl (C=O) groups is 1. The lowest BCUT2D eigenvalue weighted by atomic mass is 10.0. The zero-order valence-corrected chi connectivity index (χ0v) is 18.1. The van der Waals surface area contributed by atoms with Crippen molar-refractivity contribution in [2.45, 2.75) is 43.9 Å². The van der Waals surface area contributed by atoms with Crippen molar-refractivity contribution in [3.8, 4) is 0 Å². The quantitative estimate of drug-likeness (QED) is 0.477. The van der Waals surface area contributed by atoms with Gasteiger partial charge < -0.3 is 19.9 Å². The second-order valence-electron chi connectivity index (χ2n) is 7.46. The molecule has 1 aliphatic rings. The van der Waals surface area contributed by atoms with Crippen LogP contribution in [-0.2, 0) is 14.3 Å². The molecule has 32 heavy (non-hydrogen) atoms. The molecule has 3 rings (SSSR count). The average Bonchev–Trinajstić information content (AvgIpc) is 3.19. The second kappa shape index (κ2) is 7.52. The highest BCUT2D eigenvalue weighted by molar-refractivity contribution is 8.45. The summed E-state index contributed by atoms with van der Waals surface area (Å²) in [7, 11) is -9.86. The lowest BCUT2D eigenvalue weighted by molar-refractivity contribution is -0.138. The number of carboxylic acid groups (broad SMARTS) is 1. The van der Waals surface area contributed by atoms with Crippen LogP contribution in [0, 0.1) is 6.92 Å². The van der Waals surface area contributed by atoms with Gasteiger partial charge in [-0.3, -0.25) is 4.79 Å². The normalized spacial score (nSPS) is 19.1. The average molecular weight is 483 g/mol. The van der Waals surface area contributed by atoms with Crippen LogP contribution < -0.4 is 5.32 Å². The van der Waals surface area contributed by atoms with E-state index in [1.54, 1.807) is 0 Å². The smallest absolute Gasteiger partial charge is 0.312 e. The number of ether oxygens (including phenoxy) is 2. The van der Waals surface area contributed by atoms with Gasteiger partial charge in [-0.15, -0.1) is 0 Å². The van der Waals surface area contributed by atoms with E-state index in [2.05, 4.69) is 15.3 Å². The molecule has 0 radical (unpaired) electrons. The predicted molar refractivity (Wildman–Crippen MR) is 107 cm³/mol. The van der Waals surface area contributed by atoms with Crippen molar-refractivity contribution >= 4 is 22.0 Å². The molecule has 0 bridgehead atoms. The summed E-state index contributed by atoms with van der Waals surface area (Å²) in [6.45, 7) is 4.86. The Balaban J connectivity index is 2.05. The van der Waals surface area contributed by atoms with E-state index >= 15 is 0 Å². The minimum atomic E-state index is -9.86. The van der Waals surface area contributed by atoms with Crippen molar-refractivity contribution in [3.05, 3.63) is 46.9 Å². The number of benzene rings is 1. The molecule has 2 heterocycles. The molecule has 0 spiro atoms. The number of carboxylic acids is 1. The number of halogens is 5. The van der Waals surface area contributed by atoms with Crippen LogP contribution in [0.3, 0.4) is 0 Å². The molecule has 0 saturated carbocycles. The summed E-state index contributed by atoms with van der Waals surface area (Å²) < 4.78 is 77.1. The number of hydrogen-bond acceptors (Lipinski definition) is 6. The molecule has 7 nitrogen and oxygen atoms in total. The zero-order chi connectivity index (χ0) is 24.0. The van der Waals surface area contributed by atoms with Crippen LogP contribution in [0.5, 0.6) is 0 Å². The Morgan fingerprint density at radius 2 is 1.78 bits per heavy atom. The van der Waals surface area contributed by atoms with Gasteiger partial charge in [-0.1, -0.05) is 31.6 Å². The molecule has 1 unspecified atom stereocenters. The lowest BCUT2D eigenvalue weighted by Gasteiger charge is -2.40. The van der Waals surface area contributed by atoms with Gasteiger partial charge in [-0.05, 0) is 38.5 Å². The van der Waals surface area contributed by atoms with Crippen LogP contribution >= 0.6 is 10.2 Å². The summed E-state index contributed by atoms with van der Waals surface area (Å²) in [4.78, 5) is 18.0. The first kappa shape index (κ1) is 24.1. The van der Waals surface area contributed by atoms with Crippen molar-refractivity contribution in [1.29, 1.82) is 0 Å². The van der Waals surface area contributed by atoms with Crippen molar-refractivity contribution in [1.82, 2.24) is 9.97 Å². The number of anilines is 1. The minimum Gasteiger partial charge on any atom is -0.481 e. The molecule has 2 aromatic rings. The summed E-state index contributed by atoms with van der Waals surface area (Å²) in [5, 5.41) is 12.3. The highest BCUT2D eigenvalue weighted by atomic mass is 32.5. The van der Waals surface area contributed by atoms with E-state index in [4.69, 9.17) is 9.47 Å². The highest BCUT2D eigenvalue weighted by Crippen LogP contribution is 3.02. The molecule has 1 aliphatic heterocycles. The van der Waals surface area contributed by atoms with E-state index in [9.17, 15) is 29.3 Å². The summed E-state index contributed by atoms with van der Waals surface area (Å²) in [5.74, 6) is -1.94. The van der Waals surface area contributed by atoms with E-state index in [0.29, 0.717) is 12.1 Å². The maximum atomic E-state index is 13.2. The zero-order valence-electron chi connectivity index (χ0n) is 17.3. The first-order valence-corrected chi connectivity index (χ1v) is 11.5. The number of nitrogens with one attached hydrogen (secondary N) is 1. The summed E-state index contributed by atoms with van der Waals surface area (Å²) in [6, 6.07) is 1.97. The Bertz CT molecular complexity index is 1050. The van der Waals surface area contributed by atoms with Crippen LogP contribution in [-0.4, -0.2) is 34.3 Å². The number of rotatable bonds is 7. The van der Waals surface area contributed by atoms with Gasteiger partial charge in [0.1, 0.15) is 16.5 Å². The fourth-order valence-electron chi connectivity index (χ4n) is 3.23. The van der Waals surface area contributed by atoms with Gasteiger partial charge in [-0.25, -0.2) is 9.97 Å². The van der Waals surface area contributed by atoms with Gasteiger partial charge in [0.15, 0.2) is 6.29 Å². The van der Waals surface area contributed by atoms with Crippen LogP contribution in [0.1, 0.15) is 54.7 Å². The maximum Gasteiger partial charge on any atom is 0.312 e. The van der Waals surface area contributed by atoms with Crippen LogP contribution in [0.15, 0.2) is 29.2 Å². The predicted octanol–water partition coefficient (Wildman–Crippen LogP) is 5.85. The number of aliphatic carboxylic acids is 1. The SMILES string of the molecule is Cc1nc(NC(C)c2cccc(S(F)(F)(F)(F)F)c2)c(C2OCCO2)c([C@@H](C)C(=O)O)n1. The molecule has 1 aromatic heterocycles. The van der Waals surface area contributed by atoms with Gasteiger partial charge in [-0.2, -0.15) is 0 Å². The molecule has 0 amide bonds. The molecule has 1 saturated heterocycles. The molecule has 13 heteroatoms.